The van der Waals surface area contributed by atoms with Gasteiger partial charge in [0.05, 0.1) is 6.42 Å². The third kappa shape index (κ3) is 23.0. The van der Waals surface area contributed by atoms with Gasteiger partial charge in [-0.3, -0.25) is 9.59 Å². The molecule has 0 bridgehead atoms. The van der Waals surface area contributed by atoms with E-state index >= 15 is 0 Å². The van der Waals surface area contributed by atoms with Crippen molar-refractivity contribution in [2.24, 2.45) is 0 Å². The normalized spacial score (nSPS) is 11.4. The summed E-state index contributed by atoms with van der Waals surface area (Å²) in [5, 5.41) is 47.6. The van der Waals surface area contributed by atoms with E-state index in [1.165, 1.54) is 6.92 Å². The summed E-state index contributed by atoms with van der Waals surface area (Å²) in [6.07, 6.45) is -3.78. The smallest absolute Gasteiger partial charge is 0.371 e. The number of carbonyl (C=O) groups excluding carboxylic acids is 1. The molecule has 0 fully saturated rings. The van der Waals surface area contributed by atoms with E-state index in [4.69, 9.17) is 30.6 Å². The first-order valence-electron chi connectivity index (χ1n) is 5.10. The Morgan fingerprint density at radius 3 is 1.19 bits per heavy atom. The number of aliphatic hydroxyl groups excluding tert-OH is 2. The number of hydrogen-bond donors (Lipinski definition) is 6. The van der Waals surface area contributed by atoms with Gasteiger partial charge in [0.1, 0.15) is 6.10 Å². The molecular weight excluding hydrogens is 296 g/mol. The van der Waals surface area contributed by atoms with Crippen molar-refractivity contribution in [1.82, 2.24) is 0 Å². The highest BCUT2D eigenvalue weighted by Gasteiger charge is 2.16. The highest BCUT2D eigenvalue weighted by atomic mass is 16.4. The second kappa shape index (κ2) is 12.5. The lowest BCUT2D eigenvalue weighted by Crippen LogP contribution is -2.22. The Balaban J connectivity index is -0.000000240. The predicted molar refractivity (Wildman–Crippen MR) is 63.5 cm³/mol. The third-order valence-corrected chi connectivity index (χ3v) is 1.31. The number of rotatable bonds is 5. The lowest BCUT2D eigenvalue weighted by molar-refractivity contribution is -0.152. The van der Waals surface area contributed by atoms with Crippen LogP contribution in [0.15, 0.2) is 0 Å². The van der Waals surface area contributed by atoms with Gasteiger partial charge in [-0.15, -0.1) is 0 Å². The Labute approximate surface area is 118 Å². The van der Waals surface area contributed by atoms with E-state index in [1.807, 2.05) is 0 Å². The lowest BCUT2D eigenvalue weighted by Gasteiger charge is -1.97. The molecule has 11 nitrogen and oxygen atoms in total. The maximum Gasteiger partial charge on any atom is 0.371 e. The average Bonchev–Trinajstić information content (AvgIpc) is 2.29. The summed E-state index contributed by atoms with van der Waals surface area (Å²) < 4.78 is 0. The molecule has 0 saturated carbocycles. The van der Waals surface area contributed by atoms with Crippen molar-refractivity contribution < 1.29 is 54.6 Å². The van der Waals surface area contributed by atoms with E-state index in [0.717, 1.165) is 6.92 Å². The SMILES string of the molecule is CC(=O)C(=O)O.CC(O)C(=O)O.O=C(O)CC(O)C(=O)O. The quantitative estimate of drug-likeness (QED) is 0.306. The molecule has 0 aliphatic heterocycles. The van der Waals surface area contributed by atoms with Crippen molar-refractivity contribution in [2.45, 2.75) is 32.5 Å². The van der Waals surface area contributed by atoms with E-state index in [1.54, 1.807) is 0 Å². The van der Waals surface area contributed by atoms with Gasteiger partial charge < -0.3 is 30.6 Å². The van der Waals surface area contributed by atoms with Crippen LogP contribution in [-0.2, 0) is 24.0 Å². The van der Waals surface area contributed by atoms with Gasteiger partial charge in [-0.05, 0) is 6.92 Å². The van der Waals surface area contributed by atoms with Gasteiger partial charge in [-0.25, -0.2) is 14.4 Å². The van der Waals surface area contributed by atoms with E-state index in [-0.39, 0.29) is 0 Å². The fourth-order valence-corrected chi connectivity index (χ4v) is 0.253. The van der Waals surface area contributed by atoms with Crippen molar-refractivity contribution in [2.75, 3.05) is 0 Å². The van der Waals surface area contributed by atoms with Gasteiger partial charge in [0.25, 0.3) is 0 Å². The largest absolute Gasteiger partial charge is 0.481 e. The standard InChI is InChI=1S/C4H6O5.C3H6O3.C3H4O3/c5-2(4(8)9)1-3(6)7;2*1-2(4)3(5)6/h2,5H,1H2,(H,6,7)(H,8,9);2,4H,1H3,(H,5,6);1H3,(H,5,6). The van der Waals surface area contributed by atoms with E-state index in [0.29, 0.717) is 0 Å². The van der Waals surface area contributed by atoms with E-state index in [9.17, 15) is 24.0 Å². The summed E-state index contributed by atoms with van der Waals surface area (Å²) in [7, 11) is 0. The zero-order chi connectivity index (χ0) is 17.7. The molecule has 11 heteroatoms. The first-order valence-corrected chi connectivity index (χ1v) is 5.10. The van der Waals surface area contributed by atoms with Crippen LogP contribution in [0.5, 0.6) is 0 Å². The minimum absolute atomic E-state index is 0.755. The molecular formula is C10H16O11. The molecule has 122 valence electrons. The van der Waals surface area contributed by atoms with Gasteiger partial charge in [-0.1, -0.05) is 0 Å². The molecule has 0 aromatic carbocycles. The van der Waals surface area contributed by atoms with Gasteiger partial charge in [0, 0.05) is 6.92 Å². The van der Waals surface area contributed by atoms with Crippen LogP contribution in [0.25, 0.3) is 0 Å². The van der Waals surface area contributed by atoms with E-state index < -0.39 is 48.3 Å². The minimum atomic E-state index is -1.79. The number of carbonyl (C=O) groups is 5. The van der Waals surface area contributed by atoms with Crippen LogP contribution in [0.4, 0.5) is 0 Å². The van der Waals surface area contributed by atoms with E-state index in [2.05, 4.69) is 0 Å². The Morgan fingerprint density at radius 2 is 1.14 bits per heavy atom. The van der Waals surface area contributed by atoms with Gasteiger partial charge in [0.15, 0.2) is 6.10 Å². The number of ketones is 1. The van der Waals surface area contributed by atoms with Gasteiger partial charge >= 0.3 is 23.9 Å². The zero-order valence-electron chi connectivity index (χ0n) is 11.1. The molecule has 2 unspecified atom stereocenters. The molecule has 2 atom stereocenters. The van der Waals surface area contributed by atoms with Crippen LogP contribution in [0.2, 0.25) is 0 Å². The molecule has 0 aromatic rings. The molecule has 0 rings (SSSR count). The molecule has 0 heterocycles. The Hall–Kier alpha value is -2.53. The minimum Gasteiger partial charge on any atom is -0.481 e. The van der Waals surface area contributed by atoms with Crippen LogP contribution in [0.1, 0.15) is 20.3 Å². The number of hydrogen-bond acceptors (Lipinski definition) is 7. The van der Waals surface area contributed by atoms with Crippen molar-refractivity contribution >= 4 is 29.7 Å². The summed E-state index contributed by atoms with van der Waals surface area (Å²) in [5.41, 5.74) is 0. The molecule has 0 aliphatic rings. The van der Waals surface area contributed by atoms with Crippen molar-refractivity contribution in [3.63, 3.8) is 0 Å². The second-order valence-electron chi connectivity index (χ2n) is 3.33. The van der Waals surface area contributed by atoms with Crippen LogP contribution in [0.3, 0.4) is 0 Å². The molecule has 0 saturated heterocycles. The molecule has 0 radical (unpaired) electrons. The summed E-state index contributed by atoms with van der Waals surface area (Å²) in [4.78, 5) is 47.8. The summed E-state index contributed by atoms with van der Waals surface area (Å²) in [6.45, 7) is 2.20. The fourth-order valence-electron chi connectivity index (χ4n) is 0.253. The number of Topliss-reactive ketones (excluding diaryl/α,β-unsaturated/α-hetero) is 1. The third-order valence-electron chi connectivity index (χ3n) is 1.31. The van der Waals surface area contributed by atoms with Crippen LogP contribution in [-0.4, -0.2) is 72.5 Å². The van der Waals surface area contributed by atoms with Crippen LogP contribution in [0, 0.1) is 0 Å². The highest BCUT2D eigenvalue weighted by molar-refractivity contribution is 6.31. The van der Waals surface area contributed by atoms with Gasteiger partial charge in [-0.2, -0.15) is 0 Å². The number of carboxylic acids is 4. The van der Waals surface area contributed by atoms with Crippen LogP contribution < -0.4 is 0 Å². The van der Waals surface area contributed by atoms with Crippen LogP contribution >= 0.6 is 0 Å². The maximum atomic E-state index is 9.72. The molecule has 21 heavy (non-hydrogen) atoms. The van der Waals surface area contributed by atoms with Gasteiger partial charge in [0.2, 0.25) is 5.78 Å². The summed E-state index contributed by atoms with van der Waals surface area (Å²) in [6, 6.07) is 0. The molecule has 0 aliphatic carbocycles. The number of aliphatic carboxylic acids is 4. The topological polar surface area (TPSA) is 207 Å². The van der Waals surface area contributed by atoms with Crippen molar-refractivity contribution in [3.05, 3.63) is 0 Å². The Bertz CT molecular complexity index is 372. The lowest BCUT2D eigenvalue weighted by atomic mass is 10.3. The predicted octanol–water partition coefficient (Wildman–Crippen LogP) is -1.98. The molecule has 0 amide bonds. The summed E-state index contributed by atoms with van der Waals surface area (Å²) in [5.74, 6) is -6.23. The first kappa shape index (κ1) is 23.6. The molecule has 0 aromatic heterocycles. The number of carboxylic acid groups (broad SMARTS) is 4. The van der Waals surface area contributed by atoms with Crippen molar-refractivity contribution in [3.8, 4) is 0 Å². The Kier molecular flexibility index (Phi) is 14.0. The Morgan fingerprint density at radius 1 is 0.857 bits per heavy atom. The zero-order valence-corrected chi connectivity index (χ0v) is 11.1. The second-order valence-corrected chi connectivity index (χ2v) is 3.33. The number of aliphatic hydroxyl groups is 2. The van der Waals surface area contributed by atoms with Crippen molar-refractivity contribution in [1.29, 1.82) is 0 Å². The average molecular weight is 312 g/mol. The monoisotopic (exact) mass is 312 g/mol. The highest BCUT2D eigenvalue weighted by Crippen LogP contribution is 1.89. The molecule has 6 N–H and O–H groups in total. The maximum absolute atomic E-state index is 9.72. The summed E-state index contributed by atoms with van der Waals surface area (Å²) >= 11 is 0. The first-order chi connectivity index (χ1) is 9.32. The fraction of sp³-hybridized carbons (Fsp3) is 0.500. The molecule has 0 spiro atoms.